The number of halogens is 1. The standard InChI is InChI=1S/C26H42ClN7/c1-18(2)13-23-17-34(22-9-11-32(12-10-22)26-29-25(28)30-31-26)24(16-33(23)15-19(3)4)14-20-5-7-21(27)8-6-20/h5-8,18-19,22-24H,9-17H2,1-4H3,(H3,28,29,30,31)/t23-,24-/m0/s1. The maximum Gasteiger partial charge on any atom is 0.246 e. The van der Waals surface area contributed by atoms with Gasteiger partial charge in [0.25, 0.3) is 0 Å². The molecule has 2 aliphatic heterocycles. The van der Waals surface area contributed by atoms with Crippen LogP contribution in [0, 0.1) is 11.8 Å². The van der Waals surface area contributed by atoms with Crippen molar-refractivity contribution < 1.29 is 0 Å². The van der Waals surface area contributed by atoms with E-state index in [1.165, 1.54) is 18.5 Å². The van der Waals surface area contributed by atoms with E-state index in [1.54, 1.807) is 0 Å². The molecule has 3 heterocycles. The van der Waals surface area contributed by atoms with E-state index in [9.17, 15) is 0 Å². The fourth-order valence-electron chi connectivity index (χ4n) is 5.82. The predicted octanol–water partition coefficient (Wildman–Crippen LogP) is 4.31. The molecule has 188 valence electrons. The van der Waals surface area contributed by atoms with Crippen LogP contribution in [0.15, 0.2) is 24.3 Å². The van der Waals surface area contributed by atoms with E-state index in [1.807, 2.05) is 12.1 Å². The van der Waals surface area contributed by atoms with Gasteiger partial charge in [-0.1, -0.05) is 51.4 Å². The van der Waals surface area contributed by atoms with Crippen LogP contribution < -0.4 is 10.6 Å². The summed E-state index contributed by atoms with van der Waals surface area (Å²) in [4.78, 5) is 12.2. The number of nitrogen functional groups attached to an aromatic ring is 1. The molecule has 34 heavy (non-hydrogen) atoms. The number of rotatable bonds is 8. The van der Waals surface area contributed by atoms with Crippen molar-refractivity contribution in [2.75, 3.05) is 43.4 Å². The second-order valence-electron chi connectivity index (χ2n) is 11.1. The van der Waals surface area contributed by atoms with E-state index < -0.39 is 0 Å². The number of nitrogens with two attached hydrogens (primary N) is 1. The molecule has 7 nitrogen and oxygen atoms in total. The Kier molecular flexibility index (Phi) is 8.38. The second kappa shape index (κ2) is 11.3. The predicted molar refractivity (Wildman–Crippen MR) is 141 cm³/mol. The Hall–Kier alpha value is -1.83. The number of benzene rings is 1. The summed E-state index contributed by atoms with van der Waals surface area (Å²) in [5.74, 6) is 2.49. The summed E-state index contributed by atoms with van der Waals surface area (Å²) < 4.78 is 0. The van der Waals surface area contributed by atoms with Crippen molar-refractivity contribution in [3.63, 3.8) is 0 Å². The summed E-state index contributed by atoms with van der Waals surface area (Å²) in [6.07, 6.45) is 4.58. The molecule has 4 rings (SSSR count). The highest BCUT2D eigenvalue weighted by Crippen LogP contribution is 2.30. The Labute approximate surface area is 210 Å². The average Bonchev–Trinajstić information content (AvgIpc) is 3.23. The van der Waals surface area contributed by atoms with Crippen molar-refractivity contribution >= 4 is 23.5 Å². The highest BCUT2D eigenvalue weighted by molar-refractivity contribution is 6.30. The number of hydrogen-bond donors (Lipinski definition) is 2. The van der Waals surface area contributed by atoms with Crippen molar-refractivity contribution in [3.05, 3.63) is 34.9 Å². The molecule has 0 bridgehead atoms. The Balaban J connectivity index is 1.51. The molecular weight excluding hydrogens is 446 g/mol. The molecule has 3 N–H and O–H groups in total. The van der Waals surface area contributed by atoms with Gasteiger partial charge in [-0.3, -0.25) is 9.80 Å². The summed E-state index contributed by atoms with van der Waals surface area (Å²) in [5.41, 5.74) is 7.13. The number of aromatic amines is 1. The zero-order valence-electron chi connectivity index (χ0n) is 21.3. The third-order valence-corrected chi connectivity index (χ3v) is 7.54. The Morgan fingerprint density at radius 1 is 1.03 bits per heavy atom. The first-order chi connectivity index (χ1) is 16.3. The molecule has 0 aliphatic carbocycles. The molecule has 2 saturated heterocycles. The fraction of sp³-hybridized carbons (Fsp3) is 0.692. The van der Waals surface area contributed by atoms with Gasteiger partial charge in [-0.15, -0.1) is 5.10 Å². The Morgan fingerprint density at radius 2 is 1.74 bits per heavy atom. The first-order valence-corrected chi connectivity index (χ1v) is 13.3. The molecule has 0 unspecified atom stereocenters. The molecule has 0 spiro atoms. The Bertz CT molecular complexity index is 889. The van der Waals surface area contributed by atoms with Gasteiger partial charge >= 0.3 is 0 Å². The van der Waals surface area contributed by atoms with Gasteiger partial charge in [0.15, 0.2) is 0 Å². The number of nitrogens with zero attached hydrogens (tertiary/aromatic N) is 5. The maximum absolute atomic E-state index is 6.17. The highest BCUT2D eigenvalue weighted by atomic mass is 35.5. The first-order valence-electron chi connectivity index (χ1n) is 13.0. The summed E-state index contributed by atoms with van der Waals surface area (Å²) in [6.45, 7) is 14.8. The van der Waals surface area contributed by atoms with E-state index in [0.717, 1.165) is 56.4 Å². The van der Waals surface area contributed by atoms with Gasteiger partial charge in [0.2, 0.25) is 11.9 Å². The largest absolute Gasteiger partial charge is 0.368 e. The van der Waals surface area contributed by atoms with Crippen LogP contribution in [0.1, 0.15) is 52.5 Å². The SMILES string of the molecule is CC(C)C[C@H]1CN(C2CCN(c3n[nH]c(N)n3)CC2)[C@@H](Cc2ccc(Cl)cc2)CN1CC(C)C. The highest BCUT2D eigenvalue weighted by Gasteiger charge is 2.38. The van der Waals surface area contributed by atoms with Crippen LogP contribution >= 0.6 is 11.6 Å². The first kappa shape index (κ1) is 25.3. The number of aromatic nitrogens is 3. The van der Waals surface area contributed by atoms with Gasteiger partial charge in [0.05, 0.1) is 0 Å². The minimum atomic E-state index is 0.387. The lowest BCUT2D eigenvalue weighted by atomic mass is 9.90. The normalized spacial score (nSPS) is 23.3. The second-order valence-corrected chi connectivity index (χ2v) is 11.5. The van der Waals surface area contributed by atoms with E-state index in [4.69, 9.17) is 17.3 Å². The van der Waals surface area contributed by atoms with Crippen molar-refractivity contribution in [2.24, 2.45) is 11.8 Å². The van der Waals surface area contributed by atoms with E-state index in [-0.39, 0.29) is 0 Å². The number of H-pyrrole nitrogens is 1. The molecule has 2 aromatic rings. The lowest BCUT2D eigenvalue weighted by Crippen LogP contribution is -2.63. The number of anilines is 2. The maximum atomic E-state index is 6.17. The van der Waals surface area contributed by atoms with E-state index >= 15 is 0 Å². The van der Waals surface area contributed by atoms with Crippen LogP contribution in [0.5, 0.6) is 0 Å². The molecule has 0 amide bonds. The van der Waals surface area contributed by atoms with Gasteiger partial charge < -0.3 is 10.6 Å². The van der Waals surface area contributed by atoms with E-state index in [0.29, 0.717) is 35.9 Å². The molecule has 1 aromatic heterocycles. The third-order valence-electron chi connectivity index (χ3n) is 7.29. The fourth-order valence-corrected chi connectivity index (χ4v) is 5.94. The van der Waals surface area contributed by atoms with Crippen LogP contribution in [0.4, 0.5) is 11.9 Å². The lowest BCUT2D eigenvalue weighted by molar-refractivity contribution is -0.0157. The monoisotopic (exact) mass is 487 g/mol. The summed E-state index contributed by atoms with van der Waals surface area (Å²) in [6, 6.07) is 10.2. The molecule has 0 radical (unpaired) electrons. The molecular formula is C26H42ClN7. The van der Waals surface area contributed by atoms with Gasteiger partial charge in [-0.25, -0.2) is 5.10 Å². The van der Waals surface area contributed by atoms with Crippen LogP contribution in [-0.4, -0.2) is 75.8 Å². The van der Waals surface area contributed by atoms with Crippen LogP contribution in [0.3, 0.4) is 0 Å². The molecule has 8 heteroatoms. The van der Waals surface area contributed by atoms with Crippen molar-refractivity contribution in [3.8, 4) is 0 Å². The summed E-state index contributed by atoms with van der Waals surface area (Å²) >= 11 is 6.17. The molecule has 2 fully saturated rings. The number of piperazine rings is 1. The van der Waals surface area contributed by atoms with E-state index in [2.05, 4.69) is 69.7 Å². The van der Waals surface area contributed by atoms with Crippen LogP contribution in [0.2, 0.25) is 5.02 Å². The minimum absolute atomic E-state index is 0.387. The summed E-state index contributed by atoms with van der Waals surface area (Å²) in [5, 5.41) is 7.85. The molecule has 2 atom stereocenters. The molecule has 0 saturated carbocycles. The van der Waals surface area contributed by atoms with Crippen molar-refractivity contribution in [1.82, 2.24) is 25.0 Å². The molecule has 1 aromatic carbocycles. The summed E-state index contributed by atoms with van der Waals surface area (Å²) in [7, 11) is 0. The minimum Gasteiger partial charge on any atom is -0.368 e. The van der Waals surface area contributed by atoms with Crippen LogP contribution in [-0.2, 0) is 6.42 Å². The van der Waals surface area contributed by atoms with Crippen molar-refractivity contribution in [1.29, 1.82) is 0 Å². The zero-order chi connectivity index (χ0) is 24.2. The lowest BCUT2D eigenvalue weighted by Gasteiger charge is -2.51. The topological polar surface area (TPSA) is 77.3 Å². The average molecular weight is 488 g/mol. The number of piperidine rings is 1. The zero-order valence-corrected chi connectivity index (χ0v) is 22.0. The molecule has 2 aliphatic rings. The Morgan fingerprint density at radius 3 is 2.32 bits per heavy atom. The number of hydrogen-bond acceptors (Lipinski definition) is 6. The third kappa shape index (κ3) is 6.43. The smallest absolute Gasteiger partial charge is 0.246 e. The van der Waals surface area contributed by atoms with Gasteiger partial charge in [0, 0.05) is 55.9 Å². The van der Waals surface area contributed by atoms with Crippen molar-refractivity contribution in [2.45, 2.75) is 71.5 Å². The van der Waals surface area contributed by atoms with Gasteiger partial charge in [-0.2, -0.15) is 4.98 Å². The van der Waals surface area contributed by atoms with Gasteiger partial charge in [0.1, 0.15) is 0 Å². The quantitative estimate of drug-likeness (QED) is 0.577. The van der Waals surface area contributed by atoms with Crippen LogP contribution in [0.25, 0.3) is 0 Å². The van der Waals surface area contributed by atoms with Gasteiger partial charge in [-0.05, 0) is 55.2 Å². The number of nitrogens with one attached hydrogen (secondary N) is 1.